The summed E-state index contributed by atoms with van der Waals surface area (Å²) >= 11 is 18.7. The van der Waals surface area contributed by atoms with E-state index < -0.39 is 0 Å². The molecule has 0 spiro atoms. The van der Waals surface area contributed by atoms with Crippen LogP contribution >= 0.6 is 34.8 Å². The van der Waals surface area contributed by atoms with E-state index in [1.165, 1.54) is 0 Å². The molecule has 1 saturated carbocycles. The maximum absolute atomic E-state index is 6.37. The summed E-state index contributed by atoms with van der Waals surface area (Å²) in [6, 6.07) is 4.07. The predicted octanol–water partition coefficient (Wildman–Crippen LogP) is 6.25. The minimum Gasteiger partial charge on any atom is -0.322 e. The zero-order valence-corrected chi connectivity index (χ0v) is 15.1. The summed E-state index contributed by atoms with van der Waals surface area (Å²) in [5, 5.41) is 0.911. The van der Waals surface area contributed by atoms with Crippen molar-refractivity contribution in [1.29, 1.82) is 0 Å². The summed E-state index contributed by atoms with van der Waals surface area (Å²) in [7, 11) is 0. The predicted molar refractivity (Wildman–Crippen MR) is 90.6 cm³/mol. The van der Waals surface area contributed by atoms with Gasteiger partial charge in [-0.15, -0.1) is 11.6 Å². The van der Waals surface area contributed by atoms with Gasteiger partial charge in [0.2, 0.25) is 0 Å². The van der Waals surface area contributed by atoms with Crippen molar-refractivity contribution in [2.45, 2.75) is 46.0 Å². The van der Waals surface area contributed by atoms with E-state index in [9.17, 15) is 0 Å². The van der Waals surface area contributed by atoms with E-state index in [-0.39, 0.29) is 16.2 Å². The van der Waals surface area contributed by atoms with Gasteiger partial charge in [0.25, 0.3) is 0 Å². The lowest BCUT2D eigenvalue weighted by Crippen LogP contribution is -2.07. The number of aromatic nitrogens is 2. The number of halogens is 3. The van der Waals surface area contributed by atoms with Gasteiger partial charge in [0, 0.05) is 6.04 Å². The van der Waals surface area contributed by atoms with Crippen molar-refractivity contribution < 1.29 is 0 Å². The average Bonchev–Trinajstić information content (AvgIpc) is 2.66. The molecule has 1 aliphatic rings. The van der Waals surface area contributed by atoms with E-state index in [1.807, 2.05) is 19.1 Å². The molecule has 1 aromatic carbocycles. The highest BCUT2D eigenvalue weighted by molar-refractivity contribution is 6.42. The third-order valence-electron chi connectivity index (χ3n) is 5.32. The van der Waals surface area contributed by atoms with E-state index in [0.717, 1.165) is 16.9 Å². The average molecular weight is 346 g/mol. The van der Waals surface area contributed by atoms with Gasteiger partial charge in [-0.2, -0.15) is 0 Å². The Hall–Kier alpha value is -0.440. The molecule has 5 heteroatoms. The van der Waals surface area contributed by atoms with Gasteiger partial charge in [0.05, 0.1) is 26.5 Å². The number of hydrogen-bond acceptors (Lipinski definition) is 1. The van der Waals surface area contributed by atoms with E-state index >= 15 is 0 Å². The Balaban J connectivity index is 2.30. The maximum atomic E-state index is 6.37. The number of imidazole rings is 1. The monoisotopic (exact) mass is 344 g/mol. The number of alkyl halides is 1. The van der Waals surface area contributed by atoms with Crippen LogP contribution < -0.4 is 0 Å². The standard InChI is InChI=1S/C16H19Cl3N2/c1-8(17)13-20-11-6-9(18)10(19)7-12(11)21(13)14-15(2,3)16(14,4)5/h6-8,14H,1-5H3. The Labute approximate surface area is 140 Å². The SMILES string of the molecule is CC(Cl)c1nc2cc(Cl)c(Cl)cc2n1C1C(C)(C)C1(C)C. The first-order chi connectivity index (χ1) is 9.59. The quantitative estimate of drug-likeness (QED) is 0.588. The van der Waals surface area contributed by atoms with Crippen LogP contribution in [0.4, 0.5) is 0 Å². The number of fused-ring (bicyclic) bond motifs is 1. The van der Waals surface area contributed by atoms with Gasteiger partial charge in [0.15, 0.2) is 0 Å². The van der Waals surface area contributed by atoms with Crippen molar-refractivity contribution >= 4 is 45.8 Å². The van der Waals surface area contributed by atoms with Crippen molar-refractivity contribution in [2.24, 2.45) is 10.8 Å². The van der Waals surface area contributed by atoms with Crippen LogP contribution in [0.2, 0.25) is 10.0 Å². The molecule has 0 radical (unpaired) electrons. The van der Waals surface area contributed by atoms with Gasteiger partial charge < -0.3 is 4.57 Å². The third kappa shape index (κ3) is 2.03. The van der Waals surface area contributed by atoms with Crippen LogP contribution in [0.1, 0.15) is 51.9 Å². The van der Waals surface area contributed by atoms with Crippen LogP contribution in [0, 0.1) is 10.8 Å². The summed E-state index contributed by atoms with van der Waals surface area (Å²) in [6.07, 6.45) is 0. The van der Waals surface area contributed by atoms with Crippen molar-refractivity contribution in [1.82, 2.24) is 9.55 Å². The van der Waals surface area contributed by atoms with Gasteiger partial charge in [-0.05, 0) is 29.9 Å². The number of nitrogens with zero attached hydrogens (tertiary/aromatic N) is 2. The Kier molecular flexibility index (Phi) is 3.34. The summed E-state index contributed by atoms with van der Waals surface area (Å²) < 4.78 is 2.26. The molecule has 114 valence electrons. The lowest BCUT2D eigenvalue weighted by molar-refractivity contribution is 0.457. The molecule has 3 rings (SSSR count). The number of hydrogen-bond donors (Lipinski definition) is 0. The highest BCUT2D eigenvalue weighted by Crippen LogP contribution is 2.72. The zero-order chi connectivity index (χ0) is 15.7. The third-order valence-corrected chi connectivity index (χ3v) is 6.23. The highest BCUT2D eigenvalue weighted by Gasteiger charge is 2.66. The second kappa shape index (κ2) is 4.53. The first-order valence-electron chi connectivity index (χ1n) is 7.10. The molecule has 1 aromatic heterocycles. The fraction of sp³-hybridized carbons (Fsp3) is 0.562. The molecule has 0 amide bonds. The molecule has 1 fully saturated rings. The molecule has 0 N–H and O–H groups in total. The molecule has 2 aromatic rings. The van der Waals surface area contributed by atoms with Crippen LogP contribution in [0.25, 0.3) is 11.0 Å². The van der Waals surface area contributed by atoms with Crippen LogP contribution in [0.15, 0.2) is 12.1 Å². The Morgan fingerprint density at radius 1 is 1.10 bits per heavy atom. The zero-order valence-electron chi connectivity index (χ0n) is 12.8. The van der Waals surface area contributed by atoms with E-state index in [0.29, 0.717) is 16.1 Å². The lowest BCUT2D eigenvalue weighted by Gasteiger charge is -2.13. The van der Waals surface area contributed by atoms with Crippen molar-refractivity contribution in [2.75, 3.05) is 0 Å². The van der Waals surface area contributed by atoms with Crippen molar-refractivity contribution in [3.05, 3.63) is 28.0 Å². The summed E-state index contributed by atoms with van der Waals surface area (Å²) in [6.45, 7) is 11.1. The van der Waals surface area contributed by atoms with Gasteiger partial charge in [0.1, 0.15) is 5.82 Å². The largest absolute Gasteiger partial charge is 0.322 e. The molecule has 1 unspecified atom stereocenters. The van der Waals surface area contributed by atoms with Gasteiger partial charge in [-0.3, -0.25) is 0 Å². The number of rotatable bonds is 2. The normalized spacial score (nSPS) is 21.7. The Morgan fingerprint density at radius 3 is 2.10 bits per heavy atom. The summed E-state index contributed by atoms with van der Waals surface area (Å²) in [5.41, 5.74) is 2.24. The van der Waals surface area contributed by atoms with Gasteiger partial charge >= 0.3 is 0 Å². The molecule has 1 heterocycles. The first kappa shape index (κ1) is 15.5. The molecular weight excluding hydrogens is 327 g/mol. The molecule has 1 aliphatic carbocycles. The van der Waals surface area contributed by atoms with Crippen LogP contribution in [-0.2, 0) is 0 Å². The minimum atomic E-state index is -0.165. The summed E-state index contributed by atoms with van der Waals surface area (Å²) in [5.74, 6) is 0.883. The fourth-order valence-electron chi connectivity index (χ4n) is 3.47. The minimum absolute atomic E-state index is 0.165. The van der Waals surface area contributed by atoms with Crippen molar-refractivity contribution in [3.8, 4) is 0 Å². The van der Waals surface area contributed by atoms with E-state index in [2.05, 4.69) is 32.3 Å². The van der Waals surface area contributed by atoms with Gasteiger partial charge in [-0.1, -0.05) is 50.9 Å². The summed E-state index contributed by atoms with van der Waals surface area (Å²) in [4.78, 5) is 4.69. The highest BCUT2D eigenvalue weighted by atomic mass is 35.5. The fourth-order valence-corrected chi connectivity index (χ4v) is 3.94. The molecule has 21 heavy (non-hydrogen) atoms. The number of benzene rings is 1. The molecular formula is C16H19Cl3N2. The van der Waals surface area contributed by atoms with Crippen LogP contribution in [-0.4, -0.2) is 9.55 Å². The topological polar surface area (TPSA) is 17.8 Å². The smallest absolute Gasteiger partial charge is 0.128 e. The van der Waals surface area contributed by atoms with Crippen molar-refractivity contribution in [3.63, 3.8) is 0 Å². The maximum Gasteiger partial charge on any atom is 0.128 e. The molecule has 0 saturated heterocycles. The van der Waals surface area contributed by atoms with E-state index in [1.54, 1.807) is 0 Å². The molecule has 0 bridgehead atoms. The first-order valence-corrected chi connectivity index (χ1v) is 8.29. The molecule has 1 atom stereocenters. The molecule has 0 aliphatic heterocycles. The van der Waals surface area contributed by atoms with Crippen LogP contribution in [0.5, 0.6) is 0 Å². The second-order valence-electron chi connectivity index (χ2n) is 7.06. The lowest BCUT2D eigenvalue weighted by atomic mass is 10.0. The molecule has 2 nitrogen and oxygen atoms in total. The Morgan fingerprint density at radius 2 is 1.62 bits per heavy atom. The second-order valence-corrected chi connectivity index (χ2v) is 8.53. The van der Waals surface area contributed by atoms with E-state index in [4.69, 9.17) is 39.8 Å². The Bertz CT molecular complexity index is 715. The van der Waals surface area contributed by atoms with Crippen LogP contribution in [0.3, 0.4) is 0 Å². The van der Waals surface area contributed by atoms with Gasteiger partial charge in [-0.25, -0.2) is 4.98 Å².